The molecule has 1 heterocycles. The summed E-state index contributed by atoms with van der Waals surface area (Å²) in [4.78, 5) is 23.3. The van der Waals surface area contributed by atoms with Crippen LogP contribution in [0.5, 0.6) is 5.75 Å². The zero-order valence-electron chi connectivity index (χ0n) is 13.3. The number of aliphatic carboxylic acids is 1. The van der Waals surface area contributed by atoms with Gasteiger partial charge in [-0.2, -0.15) is 0 Å². The molecule has 1 aliphatic rings. The molecule has 1 aromatic carbocycles. The van der Waals surface area contributed by atoms with Crippen LogP contribution in [0, 0.1) is 5.92 Å². The van der Waals surface area contributed by atoms with Crippen LogP contribution < -0.4 is 10.1 Å². The molecule has 0 saturated carbocycles. The number of hydrogen-bond donors (Lipinski definition) is 2. The third-order valence-electron chi connectivity index (χ3n) is 3.95. The largest absolute Gasteiger partial charge is 0.484 e. The molecule has 1 aromatic rings. The van der Waals surface area contributed by atoms with Gasteiger partial charge in [-0.05, 0) is 37.0 Å². The van der Waals surface area contributed by atoms with Crippen LogP contribution in [-0.4, -0.2) is 42.8 Å². The van der Waals surface area contributed by atoms with E-state index < -0.39 is 17.9 Å². The lowest BCUT2D eigenvalue weighted by atomic mass is 9.93. The second-order valence-electron chi connectivity index (χ2n) is 5.65. The topological polar surface area (TPSA) is 84.9 Å². The number of carboxylic acid groups (broad SMARTS) is 1. The van der Waals surface area contributed by atoms with Crippen molar-refractivity contribution in [2.24, 2.45) is 5.92 Å². The molecule has 6 heteroatoms. The van der Waals surface area contributed by atoms with Crippen LogP contribution in [0.15, 0.2) is 24.3 Å². The number of hydrogen-bond acceptors (Lipinski definition) is 4. The summed E-state index contributed by atoms with van der Waals surface area (Å²) in [5.74, 6) is -1.09. The first-order valence-corrected chi connectivity index (χ1v) is 7.91. The number of rotatable bonds is 7. The molecule has 0 aliphatic carbocycles. The molecule has 0 bridgehead atoms. The molecule has 1 amide bonds. The molecular formula is C17H23NO5. The SMILES string of the molecule is CCc1ccc(OCC(=O)NC(C(=O)O)C2CCCOC2)cc1. The fourth-order valence-electron chi connectivity index (χ4n) is 2.60. The zero-order valence-corrected chi connectivity index (χ0v) is 13.3. The van der Waals surface area contributed by atoms with E-state index in [9.17, 15) is 14.7 Å². The highest BCUT2D eigenvalue weighted by Gasteiger charge is 2.31. The maximum Gasteiger partial charge on any atom is 0.326 e. The number of carbonyl (C=O) groups is 2. The van der Waals surface area contributed by atoms with Crippen LogP contribution in [0.4, 0.5) is 0 Å². The van der Waals surface area contributed by atoms with Gasteiger partial charge in [0.05, 0.1) is 6.61 Å². The number of carboxylic acids is 1. The van der Waals surface area contributed by atoms with E-state index in [1.54, 1.807) is 12.1 Å². The van der Waals surface area contributed by atoms with Gasteiger partial charge < -0.3 is 19.9 Å². The van der Waals surface area contributed by atoms with Crippen molar-refractivity contribution >= 4 is 11.9 Å². The Morgan fingerprint density at radius 2 is 2.13 bits per heavy atom. The van der Waals surface area contributed by atoms with Crippen molar-refractivity contribution < 1.29 is 24.2 Å². The first kappa shape index (κ1) is 17.3. The fraction of sp³-hybridized carbons (Fsp3) is 0.529. The summed E-state index contributed by atoms with van der Waals surface area (Å²) in [5.41, 5.74) is 1.19. The number of aryl methyl sites for hydroxylation is 1. The van der Waals surface area contributed by atoms with Crippen LogP contribution in [-0.2, 0) is 20.7 Å². The lowest BCUT2D eigenvalue weighted by Crippen LogP contribution is -2.49. The van der Waals surface area contributed by atoms with E-state index in [1.165, 1.54) is 5.56 Å². The molecule has 1 fully saturated rings. The van der Waals surface area contributed by atoms with E-state index in [4.69, 9.17) is 9.47 Å². The van der Waals surface area contributed by atoms with Gasteiger partial charge in [0.15, 0.2) is 6.61 Å². The number of nitrogens with one attached hydrogen (secondary N) is 1. The van der Waals surface area contributed by atoms with E-state index in [2.05, 4.69) is 12.2 Å². The van der Waals surface area contributed by atoms with Crippen LogP contribution in [0.2, 0.25) is 0 Å². The van der Waals surface area contributed by atoms with E-state index in [0.29, 0.717) is 19.0 Å². The molecule has 1 saturated heterocycles. The highest BCUT2D eigenvalue weighted by molar-refractivity contribution is 5.84. The number of benzene rings is 1. The lowest BCUT2D eigenvalue weighted by Gasteiger charge is -2.28. The first-order chi connectivity index (χ1) is 11.1. The summed E-state index contributed by atoms with van der Waals surface area (Å²) < 4.78 is 10.7. The van der Waals surface area contributed by atoms with Crippen LogP contribution in [0.3, 0.4) is 0 Å². The minimum atomic E-state index is -1.04. The van der Waals surface area contributed by atoms with Crippen molar-refractivity contribution in [3.05, 3.63) is 29.8 Å². The molecule has 0 aromatic heterocycles. The zero-order chi connectivity index (χ0) is 16.7. The van der Waals surface area contributed by atoms with E-state index >= 15 is 0 Å². The van der Waals surface area contributed by atoms with Gasteiger partial charge in [0.1, 0.15) is 11.8 Å². The molecule has 6 nitrogen and oxygen atoms in total. The van der Waals surface area contributed by atoms with Gasteiger partial charge in [0, 0.05) is 12.5 Å². The molecule has 0 radical (unpaired) electrons. The van der Waals surface area contributed by atoms with Crippen LogP contribution >= 0.6 is 0 Å². The summed E-state index contributed by atoms with van der Waals surface area (Å²) in [6.07, 6.45) is 2.48. The van der Waals surface area contributed by atoms with Gasteiger partial charge in [-0.25, -0.2) is 4.79 Å². The summed E-state index contributed by atoms with van der Waals surface area (Å²) in [6.45, 7) is 2.86. The second-order valence-corrected chi connectivity index (χ2v) is 5.65. The van der Waals surface area contributed by atoms with E-state index in [0.717, 1.165) is 19.3 Å². The molecular weight excluding hydrogens is 298 g/mol. The van der Waals surface area contributed by atoms with Crippen molar-refractivity contribution in [2.75, 3.05) is 19.8 Å². The summed E-state index contributed by atoms with van der Waals surface area (Å²) in [5, 5.41) is 11.8. The Hall–Kier alpha value is -2.08. The minimum Gasteiger partial charge on any atom is -0.484 e. The predicted molar refractivity (Wildman–Crippen MR) is 84.4 cm³/mol. The number of amides is 1. The van der Waals surface area contributed by atoms with E-state index in [-0.39, 0.29) is 12.5 Å². The Morgan fingerprint density at radius 3 is 2.70 bits per heavy atom. The molecule has 2 atom stereocenters. The molecule has 2 rings (SSSR count). The lowest BCUT2D eigenvalue weighted by molar-refractivity contribution is -0.145. The Balaban J connectivity index is 1.84. The summed E-state index contributed by atoms with van der Waals surface area (Å²) in [7, 11) is 0. The Bertz CT molecular complexity index is 522. The van der Waals surface area contributed by atoms with E-state index in [1.807, 2.05) is 12.1 Å². The third-order valence-corrected chi connectivity index (χ3v) is 3.95. The minimum absolute atomic E-state index is 0.200. The van der Waals surface area contributed by atoms with Gasteiger partial charge in [0.25, 0.3) is 5.91 Å². The quantitative estimate of drug-likeness (QED) is 0.797. The molecule has 2 N–H and O–H groups in total. The normalized spacial score (nSPS) is 18.9. The summed E-state index contributed by atoms with van der Waals surface area (Å²) >= 11 is 0. The maximum absolute atomic E-state index is 12.0. The van der Waals surface area contributed by atoms with Crippen molar-refractivity contribution in [3.8, 4) is 5.75 Å². The van der Waals surface area contributed by atoms with Gasteiger partial charge in [0.2, 0.25) is 0 Å². The van der Waals surface area contributed by atoms with Crippen LogP contribution in [0.25, 0.3) is 0 Å². The average molecular weight is 321 g/mol. The van der Waals surface area contributed by atoms with Crippen molar-refractivity contribution in [3.63, 3.8) is 0 Å². The molecule has 126 valence electrons. The monoisotopic (exact) mass is 321 g/mol. The van der Waals surface area contributed by atoms with Gasteiger partial charge in [-0.15, -0.1) is 0 Å². The maximum atomic E-state index is 12.0. The van der Waals surface area contributed by atoms with Crippen molar-refractivity contribution in [2.45, 2.75) is 32.2 Å². The molecule has 1 aliphatic heterocycles. The highest BCUT2D eigenvalue weighted by Crippen LogP contribution is 2.18. The smallest absolute Gasteiger partial charge is 0.326 e. The second kappa shape index (κ2) is 8.53. The standard InChI is InChI=1S/C17H23NO5/c1-2-12-5-7-14(8-6-12)23-11-15(19)18-16(17(20)21)13-4-3-9-22-10-13/h5-8,13,16H,2-4,9-11H2,1H3,(H,18,19)(H,20,21). The first-order valence-electron chi connectivity index (χ1n) is 7.91. The molecule has 23 heavy (non-hydrogen) atoms. The van der Waals surface area contributed by atoms with Gasteiger partial charge >= 0.3 is 5.97 Å². The fourth-order valence-corrected chi connectivity index (χ4v) is 2.60. The number of ether oxygens (including phenoxy) is 2. The molecule has 2 unspecified atom stereocenters. The van der Waals surface area contributed by atoms with Crippen molar-refractivity contribution in [1.29, 1.82) is 0 Å². The van der Waals surface area contributed by atoms with Crippen LogP contribution in [0.1, 0.15) is 25.3 Å². The third kappa shape index (κ3) is 5.25. The number of carbonyl (C=O) groups excluding carboxylic acids is 1. The Kier molecular flexibility index (Phi) is 6.40. The average Bonchev–Trinajstić information content (AvgIpc) is 2.58. The highest BCUT2D eigenvalue weighted by atomic mass is 16.5. The van der Waals surface area contributed by atoms with Gasteiger partial charge in [-0.1, -0.05) is 19.1 Å². The van der Waals surface area contributed by atoms with Crippen molar-refractivity contribution in [1.82, 2.24) is 5.32 Å². The Labute approximate surface area is 135 Å². The summed E-state index contributed by atoms with van der Waals surface area (Å²) in [6, 6.07) is 6.54. The Morgan fingerprint density at radius 1 is 1.39 bits per heavy atom. The predicted octanol–water partition coefficient (Wildman–Crippen LogP) is 1.62. The molecule has 0 spiro atoms. The van der Waals surface area contributed by atoms with Gasteiger partial charge in [-0.3, -0.25) is 4.79 Å².